The van der Waals surface area contributed by atoms with Crippen LogP contribution in [0.25, 0.3) is 0 Å². The van der Waals surface area contributed by atoms with Gasteiger partial charge in [0.25, 0.3) is 0 Å². The summed E-state index contributed by atoms with van der Waals surface area (Å²) in [6, 6.07) is 17.3. The van der Waals surface area contributed by atoms with Gasteiger partial charge in [0.15, 0.2) is 0 Å². The van der Waals surface area contributed by atoms with E-state index >= 15 is 0 Å². The van der Waals surface area contributed by atoms with Crippen LogP contribution < -0.4 is 5.32 Å². The molecule has 0 aromatic heterocycles. The number of hydrogen-bond acceptors (Lipinski definition) is 1. The van der Waals surface area contributed by atoms with Crippen molar-refractivity contribution in [2.24, 2.45) is 0 Å². The molecule has 110 valence electrons. The van der Waals surface area contributed by atoms with Gasteiger partial charge in [-0.3, -0.25) is 4.79 Å². The first-order valence-corrected chi connectivity index (χ1v) is 7.41. The van der Waals surface area contributed by atoms with Gasteiger partial charge in [-0.2, -0.15) is 0 Å². The van der Waals surface area contributed by atoms with Crippen LogP contribution in [0.3, 0.4) is 0 Å². The molecule has 2 aromatic rings. The molecule has 1 atom stereocenters. The van der Waals surface area contributed by atoms with Crippen LogP contribution in [0, 0.1) is 0 Å². The fourth-order valence-corrected chi connectivity index (χ4v) is 2.42. The van der Waals surface area contributed by atoms with E-state index < -0.39 is 5.41 Å². The average Bonchev–Trinajstić information content (AvgIpc) is 2.48. The van der Waals surface area contributed by atoms with Crippen LogP contribution in [-0.4, -0.2) is 5.91 Å². The second kappa shape index (κ2) is 6.31. The Labute approximate surface area is 131 Å². The Bertz CT molecular complexity index is 622. The van der Waals surface area contributed by atoms with Gasteiger partial charge < -0.3 is 5.32 Å². The summed E-state index contributed by atoms with van der Waals surface area (Å²) >= 11 is 6.00. The molecule has 2 aromatic carbocycles. The van der Waals surface area contributed by atoms with Crippen LogP contribution in [0.2, 0.25) is 5.02 Å². The molecule has 0 fully saturated rings. The molecule has 1 amide bonds. The third-order valence-corrected chi connectivity index (χ3v) is 3.99. The van der Waals surface area contributed by atoms with Crippen LogP contribution in [0.5, 0.6) is 0 Å². The van der Waals surface area contributed by atoms with Crippen LogP contribution in [0.4, 0.5) is 0 Å². The van der Waals surface area contributed by atoms with Crippen molar-refractivity contribution < 1.29 is 4.79 Å². The first-order valence-electron chi connectivity index (χ1n) is 7.03. The van der Waals surface area contributed by atoms with Crippen LogP contribution in [-0.2, 0) is 10.2 Å². The van der Waals surface area contributed by atoms with Gasteiger partial charge in [0, 0.05) is 5.02 Å². The molecule has 0 aliphatic heterocycles. The zero-order valence-corrected chi connectivity index (χ0v) is 13.3. The van der Waals surface area contributed by atoms with Gasteiger partial charge in [0.2, 0.25) is 5.91 Å². The highest BCUT2D eigenvalue weighted by molar-refractivity contribution is 6.30. The van der Waals surface area contributed by atoms with E-state index in [0.29, 0.717) is 5.02 Å². The maximum Gasteiger partial charge on any atom is 0.230 e. The van der Waals surface area contributed by atoms with Gasteiger partial charge in [0.05, 0.1) is 11.5 Å². The molecule has 0 saturated heterocycles. The Hall–Kier alpha value is -1.80. The van der Waals surface area contributed by atoms with E-state index in [1.165, 1.54) is 0 Å². The number of rotatable bonds is 4. The van der Waals surface area contributed by atoms with Crippen molar-refractivity contribution in [3.63, 3.8) is 0 Å². The predicted molar refractivity (Wildman–Crippen MR) is 87.5 cm³/mol. The Kier molecular flexibility index (Phi) is 4.69. The molecular weight excluding hydrogens is 282 g/mol. The second-order valence-corrected chi connectivity index (χ2v) is 6.18. The van der Waals surface area contributed by atoms with E-state index in [4.69, 9.17) is 11.6 Å². The zero-order chi connectivity index (χ0) is 15.5. The highest BCUT2D eigenvalue weighted by atomic mass is 35.5. The molecule has 1 unspecified atom stereocenters. The van der Waals surface area contributed by atoms with Gasteiger partial charge in [-0.25, -0.2) is 0 Å². The first-order chi connectivity index (χ1) is 9.91. The Balaban J connectivity index is 2.14. The normalized spacial score (nSPS) is 12.8. The summed E-state index contributed by atoms with van der Waals surface area (Å²) in [7, 11) is 0. The summed E-state index contributed by atoms with van der Waals surface area (Å²) in [5.74, 6) is 0.00109. The Morgan fingerprint density at radius 1 is 1.10 bits per heavy atom. The van der Waals surface area contributed by atoms with Crippen molar-refractivity contribution in [1.29, 1.82) is 0 Å². The number of benzene rings is 2. The fraction of sp³-hybridized carbons (Fsp3) is 0.278. The van der Waals surface area contributed by atoms with E-state index in [9.17, 15) is 4.79 Å². The first kappa shape index (κ1) is 15.6. The lowest BCUT2D eigenvalue weighted by atomic mass is 9.83. The minimum atomic E-state index is -0.575. The van der Waals surface area contributed by atoms with E-state index in [2.05, 4.69) is 5.32 Å². The van der Waals surface area contributed by atoms with Crippen molar-refractivity contribution >= 4 is 17.5 Å². The van der Waals surface area contributed by atoms with Gasteiger partial charge in [0.1, 0.15) is 0 Å². The lowest BCUT2D eigenvalue weighted by molar-refractivity contribution is -0.126. The van der Waals surface area contributed by atoms with Crippen LogP contribution in [0.15, 0.2) is 54.6 Å². The standard InChI is InChI=1S/C18H20ClNO/c1-13(14-8-7-11-16(19)12-14)20-17(21)18(2,3)15-9-5-4-6-10-15/h4-13H,1-3H3,(H,20,21). The summed E-state index contributed by atoms with van der Waals surface area (Å²) in [5.41, 5.74) is 1.43. The summed E-state index contributed by atoms with van der Waals surface area (Å²) in [5, 5.41) is 3.74. The van der Waals surface area contributed by atoms with Gasteiger partial charge in [-0.05, 0) is 44.0 Å². The fourth-order valence-electron chi connectivity index (χ4n) is 2.22. The number of amides is 1. The molecule has 0 aliphatic rings. The van der Waals surface area contributed by atoms with E-state index in [1.807, 2.05) is 75.4 Å². The third-order valence-electron chi connectivity index (χ3n) is 3.76. The van der Waals surface area contributed by atoms with E-state index in [-0.39, 0.29) is 11.9 Å². The van der Waals surface area contributed by atoms with Crippen LogP contribution in [0.1, 0.15) is 37.9 Å². The van der Waals surface area contributed by atoms with Gasteiger partial charge in [-0.1, -0.05) is 54.1 Å². The highest BCUT2D eigenvalue weighted by Crippen LogP contribution is 2.25. The van der Waals surface area contributed by atoms with E-state index in [0.717, 1.165) is 11.1 Å². The molecule has 0 bridgehead atoms. The number of carbonyl (C=O) groups excluding carboxylic acids is 1. The topological polar surface area (TPSA) is 29.1 Å². The minimum Gasteiger partial charge on any atom is -0.349 e. The Morgan fingerprint density at radius 3 is 2.38 bits per heavy atom. The number of carbonyl (C=O) groups is 1. The van der Waals surface area contributed by atoms with Gasteiger partial charge >= 0.3 is 0 Å². The molecular formula is C18H20ClNO. The molecule has 0 saturated carbocycles. The molecule has 21 heavy (non-hydrogen) atoms. The molecule has 0 radical (unpaired) electrons. The number of halogens is 1. The quantitative estimate of drug-likeness (QED) is 0.885. The predicted octanol–water partition coefficient (Wildman–Crippen LogP) is 4.50. The maximum atomic E-state index is 12.6. The zero-order valence-electron chi connectivity index (χ0n) is 12.6. The molecule has 2 nitrogen and oxygen atoms in total. The molecule has 1 N–H and O–H groups in total. The van der Waals surface area contributed by atoms with Crippen molar-refractivity contribution in [2.45, 2.75) is 32.2 Å². The average molecular weight is 302 g/mol. The van der Waals surface area contributed by atoms with Crippen molar-refractivity contribution in [1.82, 2.24) is 5.32 Å². The van der Waals surface area contributed by atoms with Crippen molar-refractivity contribution in [3.05, 3.63) is 70.7 Å². The summed E-state index contributed by atoms with van der Waals surface area (Å²) in [4.78, 5) is 12.6. The lowest BCUT2D eigenvalue weighted by Crippen LogP contribution is -2.41. The van der Waals surface area contributed by atoms with Gasteiger partial charge in [-0.15, -0.1) is 0 Å². The second-order valence-electron chi connectivity index (χ2n) is 5.74. The largest absolute Gasteiger partial charge is 0.349 e. The molecule has 0 aliphatic carbocycles. The number of nitrogens with one attached hydrogen (secondary N) is 1. The SMILES string of the molecule is CC(NC(=O)C(C)(C)c1ccccc1)c1cccc(Cl)c1. The molecule has 2 rings (SSSR count). The maximum absolute atomic E-state index is 12.6. The lowest BCUT2D eigenvalue weighted by Gasteiger charge is -2.26. The van der Waals surface area contributed by atoms with Crippen molar-refractivity contribution in [2.75, 3.05) is 0 Å². The monoisotopic (exact) mass is 301 g/mol. The highest BCUT2D eigenvalue weighted by Gasteiger charge is 2.30. The summed E-state index contributed by atoms with van der Waals surface area (Å²) in [6.07, 6.45) is 0. The van der Waals surface area contributed by atoms with E-state index in [1.54, 1.807) is 0 Å². The summed E-state index contributed by atoms with van der Waals surface area (Å²) in [6.45, 7) is 5.83. The summed E-state index contributed by atoms with van der Waals surface area (Å²) < 4.78 is 0. The molecule has 3 heteroatoms. The van der Waals surface area contributed by atoms with Crippen LogP contribution >= 0.6 is 11.6 Å². The smallest absolute Gasteiger partial charge is 0.230 e. The van der Waals surface area contributed by atoms with Crippen molar-refractivity contribution in [3.8, 4) is 0 Å². The Morgan fingerprint density at radius 2 is 1.76 bits per heavy atom. The molecule has 0 spiro atoms. The third kappa shape index (κ3) is 3.64. The molecule has 0 heterocycles. The minimum absolute atomic E-state index is 0.00109. The number of hydrogen-bond donors (Lipinski definition) is 1.